The average molecular weight is 311 g/mol. The highest BCUT2D eigenvalue weighted by Gasteiger charge is 2.49. The fraction of sp³-hybridized carbons (Fsp3) is 0.533. The van der Waals surface area contributed by atoms with E-state index in [-0.39, 0.29) is 24.0 Å². The molecule has 0 unspecified atom stereocenters. The number of halogens is 1. The van der Waals surface area contributed by atoms with Crippen molar-refractivity contribution in [2.24, 2.45) is 11.3 Å². The summed E-state index contributed by atoms with van der Waals surface area (Å²) in [6.07, 6.45) is 0.801. The summed E-state index contributed by atoms with van der Waals surface area (Å²) in [4.78, 5) is 14.1. The molecule has 3 rings (SSSR count). The number of hydrogen-bond donors (Lipinski definition) is 2. The third-order valence-electron chi connectivity index (χ3n) is 4.55. The Bertz CT molecular complexity index is 539. The number of fused-ring (bicyclic) bond motifs is 1. The second-order valence-corrected chi connectivity index (χ2v) is 6.30. The molecule has 2 aliphatic rings. The van der Waals surface area contributed by atoms with Gasteiger partial charge in [0.05, 0.1) is 13.2 Å². The molecule has 2 atom stereocenters. The maximum atomic E-state index is 12.4. The number of benzene rings is 1. The van der Waals surface area contributed by atoms with Gasteiger partial charge in [-0.1, -0.05) is 17.7 Å². The largest absolute Gasteiger partial charge is 0.396 e. The van der Waals surface area contributed by atoms with E-state index >= 15 is 0 Å². The van der Waals surface area contributed by atoms with Crippen LogP contribution in [0.2, 0.25) is 5.02 Å². The Morgan fingerprint density at radius 1 is 1.57 bits per heavy atom. The zero-order valence-corrected chi connectivity index (χ0v) is 12.5. The van der Waals surface area contributed by atoms with Gasteiger partial charge in [0.1, 0.15) is 0 Å². The maximum absolute atomic E-state index is 12.4. The van der Waals surface area contributed by atoms with E-state index in [1.807, 2.05) is 0 Å². The number of nitrogens with zero attached hydrogens (tertiary/aromatic N) is 1. The van der Waals surface area contributed by atoms with Gasteiger partial charge in [0, 0.05) is 41.7 Å². The van der Waals surface area contributed by atoms with Gasteiger partial charge < -0.3 is 20.1 Å². The second kappa shape index (κ2) is 5.83. The van der Waals surface area contributed by atoms with Crippen molar-refractivity contribution in [3.05, 3.63) is 29.3 Å². The number of nitrogens with one attached hydrogen (secondary N) is 1. The molecule has 1 aromatic rings. The lowest BCUT2D eigenvalue weighted by atomic mass is 9.75. The maximum Gasteiger partial charge on any atom is 0.321 e. The van der Waals surface area contributed by atoms with Crippen molar-refractivity contribution in [3.63, 3.8) is 0 Å². The van der Waals surface area contributed by atoms with Crippen LogP contribution in [0.15, 0.2) is 24.3 Å². The Balaban J connectivity index is 1.69. The molecule has 114 valence electrons. The van der Waals surface area contributed by atoms with Crippen LogP contribution in [0, 0.1) is 11.3 Å². The topological polar surface area (TPSA) is 61.8 Å². The van der Waals surface area contributed by atoms with Crippen LogP contribution in [0.25, 0.3) is 0 Å². The molecule has 1 aromatic carbocycles. The highest BCUT2D eigenvalue weighted by atomic mass is 35.5. The van der Waals surface area contributed by atoms with Gasteiger partial charge in [0.15, 0.2) is 0 Å². The van der Waals surface area contributed by atoms with E-state index in [0.29, 0.717) is 37.0 Å². The van der Waals surface area contributed by atoms with Crippen molar-refractivity contribution in [1.29, 1.82) is 0 Å². The second-order valence-electron chi connectivity index (χ2n) is 5.86. The van der Waals surface area contributed by atoms with E-state index in [2.05, 4.69) is 5.32 Å². The first kappa shape index (κ1) is 14.6. The fourth-order valence-electron chi connectivity index (χ4n) is 3.23. The molecule has 5 nitrogen and oxygen atoms in total. The molecule has 0 spiro atoms. The summed E-state index contributed by atoms with van der Waals surface area (Å²) < 4.78 is 5.49. The fourth-order valence-corrected chi connectivity index (χ4v) is 3.42. The van der Waals surface area contributed by atoms with E-state index in [0.717, 1.165) is 6.42 Å². The summed E-state index contributed by atoms with van der Waals surface area (Å²) in [7, 11) is 0. The highest BCUT2D eigenvalue weighted by molar-refractivity contribution is 6.30. The van der Waals surface area contributed by atoms with Gasteiger partial charge in [0.2, 0.25) is 0 Å². The highest BCUT2D eigenvalue weighted by Crippen LogP contribution is 2.41. The van der Waals surface area contributed by atoms with Gasteiger partial charge in [-0.25, -0.2) is 4.79 Å². The van der Waals surface area contributed by atoms with Crippen LogP contribution in [-0.4, -0.2) is 48.9 Å². The minimum atomic E-state index is -0.204. The molecule has 0 saturated carbocycles. The lowest BCUT2D eigenvalue weighted by molar-refractivity contribution is -0.0415. The molecule has 0 aliphatic carbocycles. The Morgan fingerprint density at radius 2 is 2.43 bits per heavy atom. The normalized spacial score (nSPS) is 28.3. The van der Waals surface area contributed by atoms with Gasteiger partial charge in [-0.3, -0.25) is 0 Å². The Morgan fingerprint density at radius 3 is 3.14 bits per heavy atom. The van der Waals surface area contributed by atoms with Crippen LogP contribution in [0.4, 0.5) is 10.5 Å². The number of carbonyl (C=O) groups excluding carboxylic acids is 1. The Kier molecular flexibility index (Phi) is 4.06. The number of likely N-dealkylation sites (tertiary alicyclic amines) is 1. The zero-order valence-electron chi connectivity index (χ0n) is 11.7. The van der Waals surface area contributed by atoms with E-state index in [1.54, 1.807) is 29.2 Å². The SMILES string of the molecule is O=C(Nc1cccc(Cl)c1)N1C[C@@H]2COCC[C@]2(CO)C1. The van der Waals surface area contributed by atoms with Crippen LogP contribution in [0.3, 0.4) is 0 Å². The predicted octanol–water partition coefficient (Wildman–Crippen LogP) is 2.20. The van der Waals surface area contributed by atoms with Crippen molar-refractivity contribution in [1.82, 2.24) is 4.90 Å². The molecule has 0 bridgehead atoms. The third-order valence-corrected chi connectivity index (χ3v) is 4.79. The lowest BCUT2D eigenvalue weighted by Crippen LogP contribution is -2.41. The zero-order chi connectivity index (χ0) is 14.9. The molecule has 2 heterocycles. The number of carbonyl (C=O) groups is 1. The van der Waals surface area contributed by atoms with Crippen LogP contribution >= 0.6 is 11.6 Å². The van der Waals surface area contributed by atoms with Gasteiger partial charge >= 0.3 is 6.03 Å². The van der Waals surface area contributed by atoms with E-state index < -0.39 is 0 Å². The quantitative estimate of drug-likeness (QED) is 0.880. The number of urea groups is 1. The Hall–Kier alpha value is -1.30. The number of hydrogen-bond acceptors (Lipinski definition) is 3. The van der Waals surface area contributed by atoms with Crippen molar-refractivity contribution >= 4 is 23.3 Å². The molecule has 21 heavy (non-hydrogen) atoms. The summed E-state index contributed by atoms with van der Waals surface area (Å²) in [6, 6.07) is 6.93. The molecular formula is C15H19ClN2O3. The molecule has 2 saturated heterocycles. The summed E-state index contributed by atoms with van der Waals surface area (Å²) in [5, 5.41) is 13.2. The summed E-state index contributed by atoms with van der Waals surface area (Å²) >= 11 is 5.92. The number of amides is 2. The number of anilines is 1. The Labute approximate surface area is 128 Å². The third kappa shape index (κ3) is 2.86. The standard InChI is InChI=1S/C15H19ClN2O3/c16-12-2-1-3-13(6-12)17-14(20)18-7-11-8-21-5-4-15(11,9-18)10-19/h1-3,6,11,19H,4-5,7-10H2,(H,17,20)/t11-,15-/m1/s1. The van der Waals surface area contributed by atoms with Gasteiger partial charge in [-0.2, -0.15) is 0 Å². The van der Waals surface area contributed by atoms with E-state index in [4.69, 9.17) is 16.3 Å². The monoisotopic (exact) mass is 310 g/mol. The lowest BCUT2D eigenvalue weighted by Gasteiger charge is -2.36. The van der Waals surface area contributed by atoms with Crippen LogP contribution in [0.5, 0.6) is 0 Å². The molecule has 2 aliphatic heterocycles. The minimum Gasteiger partial charge on any atom is -0.396 e. The van der Waals surface area contributed by atoms with Crippen LogP contribution in [0.1, 0.15) is 6.42 Å². The molecule has 2 fully saturated rings. The first-order valence-electron chi connectivity index (χ1n) is 7.13. The van der Waals surface area contributed by atoms with Crippen molar-refractivity contribution < 1.29 is 14.6 Å². The van der Waals surface area contributed by atoms with Gasteiger partial charge in [-0.15, -0.1) is 0 Å². The van der Waals surface area contributed by atoms with Crippen molar-refractivity contribution in [2.45, 2.75) is 6.42 Å². The van der Waals surface area contributed by atoms with E-state index in [1.165, 1.54) is 0 Å². The predicted molar refractivity (Wildman–Crippen MR) is 80.5 cm³/mol. The van der Waals surface area contributed by atoms with Crippen molar-refractivity contribution in [2.75, 3.05) is 38.2 Å². The van der Waals surface area contributed by atoms with Gasteiger partial charge in [-0.05, 0) is 24.6 Å². The number of aliphatic hydroxyl groups excluding tert-OH is 1. The molecular weight excluding hydrogens is 292 g/mol. The average Bonchev–Trinajstić information content (AvgIpc) is 2.87. The van der Waals surface area contributed by atoms with Crippen molar-refractivity contribution in [3.8, 4) is 0 Å². The van der Waals surface area contributed by atoms with Gasteiger partial charge in [0.25, 0.3) is 0 Å². The molecule has 0 aromatic heterocycles. The number of ether oxygens (including phenoxy) is 1. The summed E-state index contributed by atoms with van der Waals surface area (Å²) in [6.45, 7) is 2.56. The molecule has 2 N–H and O–H groups in total. The first-order chi connectivity index (χ1) is 10.1. The number of rotatable bonds is 2. The minimum absolute atomic E-state index is 0.0992. The molecule has 2 amide bonds. The summed E-state index contributed by atoms with van der Waals surface area (Å²) in [5.74, 6) is 0.210. The number of aliphatic hydroxyl groups is 1. The molecule has 0 radical (unpaired) electrons. The summed E-state index contributed by atoms with van der Waals surface area (Å²) in [5.41, 5.74) is 0.473. The first-order valence-corrected chi connectivity index (χ1v) is 7.51. The van der Waals surface area contributed by atoms with E-state index in [9.17, 15) is 9.90 Å². The van der Waals surface area contributed by atoms with Crippen LogP contribution < -0.4 is 5.32 Å². The van der Waals surface area contributed by atoms with Crippen LogP contribution in [-0.2, 0) is 4.74 Å². The molecule has 6 heteroatoms. The smallest absolute Gasteiger partial charge is 0.321 e.